The van der Waals surface area contributed by atoms with Crippen molar-refractivity contribution in [1.82, 2.24) is 9.88 Å². The molecule has 0 aliphatic carbocycles. The summed E-state index contributed by atoms with van der Waals surface area (Å²) in [5.74, 6) is -0.510. The van der Waals surface area contributed by atoms with E-state index in [-0.39, 0.29) is 17.6 Å². The molecule has 2 atom stereocenters. The van der Waals surface area contributed by atoms with Crippen LogP contribution in [-0.4, -0.2) is 45.5 Å². The molecule has 0 saturated carbocycles. The Hall–Kier alpha value is -2.11. The van der Waals surface area contributed by atoms with Gasteiger partial charge in [0, 0.05) is 12.6 Å². The van der Waals surface area contributed by atoms with Gasteiger partial charge in [-0.3, -0.25) is 4.79 Å². The molecule has 0 radical (unpaired) electrons. The van der Waals surface area contributed by atoms with Crippen LogP contribution in [0.4, 0.5) is 5.82 Å². The number of carboxylic acid groups (broad SMARTS) is 1. The van der Waals surface area contributed by atoms with Gasteiger partial charge in [-0.25, -0.2) is 9.78 Å². The molecule has 6 nitrogen and oxygen atoms in total. The summed E-state index contributed by atoms with van der Waals surface area (Å²) in [7, 11) is 0. The van der Waals surface area contributed by atoms with Crippen molar-refractivity contribution in [2.24, 2.45) is 0 Å². The van der Waals surface area contributed by atoms with E-state index in [9.17, 15) is 9.59 Å². The van der Waals surface area contributed by atoms with Crippen LogP contribution in [-0.2, 0) is 4.79 Å². The number of carbonyl (C=O) groups is 2. The normalized spacial score (nSPS) is 25.4. The minimum Gasteiger partial charge on any atom is -0.477 e. The lowest BCUT2D eigenvalue weighted by Gasteiger charge is -2.28. The van der Waals surface area contributed by atoms with E-state index in [0.717, 1.165) is 25.8 Å². The second-order valence-electron chi connectivity index (χ2n) is 5.33. The fraction of sp³-hybridized carbons (Fsp3) is 0.500. The van der Waals surface area contributed by atoms with Crippen LogP contribution in [0.1, 0.15) is 36.2 Å². The second kappa shape index (κ2) is 5.11. The van der Waals surface area contributed by atoms with Gasteiger partial charge < -0.3 is 15.3 Å². The first-order valence-electron chi connectivity index (χ1n) is 6.92. The van der Waals surface area contributed by atoms with Gasteiger partial charge in [-0.2, -0.15) is 0 Å². The smallest absolute Gasteiger partial charge is 0.354 e. The average molecular weight is 275 g/mol. The van der Waals surface area contributed by atoms with Gasteiger partial charge in [-0.05, 0) is 37.8 Å². The number of hydrogen-bond donors (Lipinski definition) is 2. The van der Waals surface area contributed by atoms with E-state index in [1.54, 1.807) is 12.1 Å². The summed E-state index contributed by atoms with van der Waals surface area (Å²) < 4.78 is 0. The minimum absolute atomic E-state index is 0.0156. The van der Waals surface area contributed by atoms with Crippen molar-refractivity contribution >= 4 is 17.7 Å². The third kappa shape index (κ3) is 2.33. The predicted octanol–water partition coefficient (Wildman–Crippen LogP) is 1.35. The van der Waals surface area contributed by atoms with E-state index >= 15 is 0 Å². The average Bonchev–Trinajstić information content (AvgIpc) is 2.76. The van der Waals surface area contributed by atoms with Crippen LogP contribution in [0.2, 0.25) is 0 Å². The highest BCUT2D eigenvalue weighted by atomic mass is 16.4. The number of carbonyl (C=O) groups excluding carboxylic acids is 1. The first-order valence-corrected chi connectivity index (χ1v) is 6.92. The molecular formula is C14H17N3O3. The van der Waals surface area contributed by atoms with Crippen molar-refractivity contribution in [2.75, 3.05) is 11.9 Å². The van der Waals surface area contributed by atoms with Crippen LogP contribution in [0, 0.1) is 0 Å². The molecular weight excluding hydrogens is 258 g/mol. The number of piperidine rings is 1. The monoisotopic (exact) mass is 275 g/mol. The molecule has 2 fully saturated rings. The molecule has 0 bridgehead atoms. The van der Waals surface area contributed by atoms with Gasteiger partial charge >= 0.3 is 5.97 Å². The molecule has 20 heavy (non-hydrogen) atoms. The van der Waals surface area contributed by atoms with E-state index in [0.29, 0.717) is 11.9 Å². The van der Waals surface area contributed by atoms with Crippen molar-refractivity contribution < 1.29 is 14.7 Å². The lowest BCUT2D eigenvalue weighted by atomic mass is 10.0. The summed E-state index contributed by atoms with van der Waals surface area (Å²) in [6.07, 6.45) is 4.08. The van der Waals surface area contributed by atoms with Crippen molar-refractivity contribution in [3.8, 4) is 0 Å². The van der Waals surface area contributed by atoms with E-state index in [2.05, 4.69) is 10.3 Å². The van der Waals surface area contributed by atoms with E-state index in [1.807, 2.05) is 4.90 Å². The first-order chi connectivity index (χ1) is 9.65. The van der Waals surface area contributed by atoms with Crippen molar-refractivity contribution in [1.29, 1.82) is 0 Å². The SMILES string of the molecule is O=C(O)c1cccc(NC2CC3CCCCN3C2=O)n1. The van der Waals surface area contributed by atoms with Gasteiger partial charge in [0.25, 0.3) is 0 Å². The number of carboxylic acids is 1. The second-order valence-corrected chi connectivity index (χ2v) is 5.33. The number of pyridine rings is 1. The standard InChI is InChI=1S/C14H17N3O3/c18-13-11(8-9-4-1-2-7-17(9)13)16-12-6-3-5-10(15-12)14(19)20/h3,5-6,9,11H,1-2,4,7-8H2,(H,15,16)(H,19,20). The van der Waals surface area contributed by atoms with E-state index in [4.69, 9.17) is 5.11 Å². The first kappa shape index (κ1) is 12.9. The Morgan fingerprint density at radius 3 is 3.00 bits per heavy atom. The molecule has 1 aromatic rings. The Morgan fingerprint density at radius 2 is 2.25 bits per heavy atom. The number of nitrogens with one attached hydrogen (secondary N) is 1. The minimum atomic E-state index is -1.07. The number of anilines is 1. The molecule has 1 amide bonds. The van der Waals surface area contributed by atoms with Crippen LogP contribution in [0.3, 0.4) is 0 Å². The zero-order valence-electron chi connectivity index (χ0n) is 11.1. The molecule has 2 N–H and O–H groups in total. The molecule has 2 aliphatic heterocycles. The Balaban J connectivity index is 1.73. The molecule has 1 aromatic heterocycles. The molecule has 0 aromatic carbocycles. The van der Waals surface area contributed by atoms with Crippen molar-refractivity contribution in [3.05, 3.63) is 23.9 Å². The Morgan fingerprint density at radius 1 is 1.40 bits per heavy atom. The predicted molar refractivity (Wildman–Crippen MR) is 72.6 cm³/mol. The summed E-state index contributed by atoms with van der Waals surface area (Å²) in [4.78, 5) is 29.1. The summed E-state index contributed by atoms with van der Waals surface area (Å²) in [6.45, 7) is 0.838. The van der Waals surface area contributed by atoms with Crippen LogP contribution in [0.5, 0.6) is 0 Å². The van der Waals surface area contributed by atoms with Crippen LogP contribution in [0.25, 0.3) is 0 Å². The molecule has 106 valence electrons. The molecule has 3 rings (SSSR count). The van der Waals surface area contributed by atoms with Gasteiger partial charge in [0.1, 0.15) is 11.9 Å². The maximum absolute atomic E-state index is 12.3. The zero-order valence-corrected chi connectivity index (χ0v) is 11.1. The number of aromatic carboxylic acids is 1. The largest absolute Gasteiger partial charge is 0.477 e. The van der Waals surface area contributed by atoms with Gasteiger partial charge in [0.15, 0.2) is 5.69 Å². The maximum Gasteiger partial charge on any atom is 0.354 e. The highest BCUT2D eigenvalue weighted by Crippen LogP contribution is 2.29. The highest BCUT2D eigenvalue weighted by molar-refractivity contribution is 5.88. The number of hydrogen-bond acceptors (Lipinski definition) is 4. The number of amides is 1. The third-order valence-corrected chi connectivity index (χ3v) is 4.01. The van der Waals surface area contributed by atoms with Crippen LogP contribution < -0.4 is 5.32 Å². The summed E-state index contributed by atoms with van der Waals surface area (Å²) in [5, 5.41) is 12.0. The van der Waals surface area contributed by atoms with Gasteiger partial charge in [-0.1, -0.05) is 6.07 Å². The van der Waals surface area contributed by atoms with Crippen molar-refractivity contribution in [2.45, 2.75) is 37.8 Å². The van der Waals surface area contributed by atoms with Gasteiger partial charge in [0.05, 0.1) is 0 Å². The Labute approximate surface area is 116 Å². The van der Waals surface area contributed by atoms with E-state index < -0.39 is 5.97 Å². The lowest BCUT2D eigenvalue weighted by Crippen LogP contribution is -2.39. The number of fused-ring (bicyclic) bond motifs is 1. The quantitative estimate of drug-likeness (QED) is 0.870. The Bertz CT molecular complexity index is 546. The molecule has 2 saturated heterocycles. The number of aromatic nitrogens is 1. The maximum atomic E-state index is 12.3. The van der Waals surface area contributed by atoms with Crippen LogP contribution in [0.15, 0.2) is 18.2 Å². The van der Waals surface area contributed by atoms with Gasteiger partial charge in [0.2, 0.25) is 5.91 Å². The molecule has 0 spiro atoms. The molecule has 2 unspecified atom stereocenters. The number of nitrogens with zero attached hydrogens (tertiary/aromatic N) is 2. The van der Waals surface area contributed by atoms with E-state index in [1.165, 1.54) is 12.5 Å². The van der Waals surface area contributed by atoms with Crippen LogP contribution >= 0.6 is 0 Å². The summed E-state index contributed by atoms with van der Waals surface area (Å²) >= 11 is 0. The molecule has 2 aliphatic rings. The van der Waals surface area contributed by atoms with Gasteiger partial charge in [-0.15, -0.1) is 0 Å². The fourth-order valence-electron chi connectivity index (χ4n) is 3.04. The lowest BCUT2D eigenvalue weighted by molar-refractivity contribution is -0.130. The molecule has 6 heteroatoms. The molecule has 3 heterocycles. The zero-order chi connectivity index (χ0) is 14.1. The number of rotatable bonds is 3. The highest BCUT2D eigenvalue weighted by Gasteiger charge is 2.40. The van der Waals surface area contributed by atoms with Crippen molar-refractivity contribution in [3.63, 3.8) is 0 Å². The topological polar surface area (TPSA) is 82.5 Å². The summed E-state index contributed by atoms with van der Waals surface area (Å²) in [5.41, 5.74) is -0.0156. The fourth-order valence-corrected chi connectivity index (χ4v) is 3.04. The third-order valence-electron chi connectivity index (χ3n) is 4.01. The Kier molecular flexibility index (Phi) is 3.30. The summed E-state index contributed by atoms with van der Waals surface area (Å²) in [6, 6.07) is 4.81.